The molecule has 162 valence electrons. The van der Waals surface area contributed by atoms with E-state index < -0.39 is 22.5 Å². The molecule has 0 saturated heterocycles. The summed E-state index contributed by atoms with van der Waals surface area (Å²) in [5, 5.41) is 10.7. The number of ether oxygens (including phenoxy) is 1. The summed E-state index contributed by atoms with van der Waals surface area (Å²) in [6.07, 6.45) is 2.01. The maximum absolute atomic E-state index is 14.5. The monoisotopic (exact) mass is 437 g/mol. The van der Waals surface area contributed by atoms with Gasteiger partial charge in [0.05, 0.1) is 16.6 Å². The van der Waals surface area contributed by atoms with Crippen molar-refractivity contribution in [3.8, 4) is 11.8 Å². The number of nitrogens with zero attached hydrogens (tertiary/aromatic N) is 2. The molecule has 4 heterocycles. The van der Waals surface area contributed by atoms with Crippen molar-refractivity contribution in [2.75, 3.05) is 4.90 Å². The van der Waals surface area contributed by atoms with Crippen LogP contribution >= 0.6 is 0 Å². The standard InChI is InChI=1S/C26H19N3O4/c1-13-11-25(2,3)29-20-14(13)8-6-9-16(20)26(24(29)31)17(12-27)22(28)33-21-15-7-4-5-10-18(15)32-23(30)19(21)26/h4-11H,28H2,1-3H3/t26-/m0/s1. The van der Waals surface area contributed by atoms with Crippen LogP contribution < -0.4 is 21.0 Å². The van der Waals surface area contributed by atoms with Crippen LogP contribution in [0.2, 0.25) is 0 Å². The maximum atomic E-state index is 14.5. The molecule has 1 spiro atoms. The predicted octanol–water partition coefficient (Wildman–Crippen LogP) is 3.71. The van der Waals surface area contributed by atoms with Gasteiger partial charge in [-0.25, -0.2) is 4.79 Å². The molecule has 33 heavy (non-hydrogen) atoms. The predicted molar refractivity (Wildman–Crippen MR) is 122 cm³/mol. The molecule has 2 N–H and O–H groups in total. The van der Waals surface area contributed by atoms with Crippen molar-refractivity contribution in [2.45, 2.75) is 31.7 Å². The fourth-order valence-corrected chi connectivity index (χ4v) is 5.66. The second kappa shape index (κ2) is 5.93. The Morgan fingerprint density at radius 2 is 1.85 bits per heavy atom. The molecule has 1 amide bonds. The lowest BCUT2D eigenvalue weighted by molar-refractivity contribution is -0.121. The molecule has 0 saturated carbocycles. The quantitative estimate of drug-likeness (QED) is 0.537. The van der Waals surface area contributed by atoms with E-state index in [1.807, 2.05) is 39.0 Å². The number of anilines is 1. The molecule has 0 unspecified atom stereocenters. The number of nitrogens with two attached hydrogens (primary N) is 1. The van der Waals surface area contributed by atoms with Gasteiger partial charge < -0.3 is 19.8 Å². The molecule has 0 fully saturated rings. The van der Waals surface area contributed by atoms with E-state index in [9.17, 15) is 14.9 Å². The lowest BCUT2D eigenvalue weighted by Gasteiger charge is -2.40. The average Bonchev–Trinajstić information content (AvgIpc) is 3.02. The normalized spacial score (nSPS) is 22.1. The molecule has 3 aliphatic rings. The number of nitriles is 1. The number of carbonyl (C=O) groups is 1. The van der Waals surface area contributed by atoms with Gasteiger partial charge in [0.15, 0.2) is 11.2 Å². The van der Waals surface area contributed by atoms with Gasteiger partial charge in [0.1, 0.15) is 22.8 Å². The molecule has 0 aliphatic carbocycles. The van der Waals surface area contributed by atoms with Gasteiger partial charge in [0.2, 0.25) is 11.8 Å². The van der Waals surface area contributed by atoms with Crippen LogP contribution in [0.5, 0.6) is 5.75 Å². The number of para-hydroxylation sites is 2. The zero-order chi connectivity index (χ0) is 23.3. The fourth-order valence-electron chi connectivity index (χ4n) is 5.66. The molecular weight excluding hydrogens is 418 g/mol. The summed E-state index contributed by atoms with van der Waals surface area (Å²) < 4.78 is 11.5. The van der Waals surface area contributed by atoms with Crippen LogP contribution in [-0.2, 0) is 10.2 Å². The van der Waals surface area contributed by atoms with Crippen LogP contribution in [0.25, 0.3) is 16.5 Å². The second-order valence-electron chi connectivity index (χ2n) is 9.12. The van der Waals surface area contributed by atoms with Crippen LogP contribution in [0.3, 0.4) is 0 Å². The topological polar surface area (TPSA) is 110 Å². The molecule has 3 aromatic rings. The van der Waals surface area contributed by atoms with Gasteiger partial charge in [-0.3, -0.25) is 4.79 Å². The van der Waals surface area contributed by atoms with E-state index >= 15 is 0 Å². The van der Waals surface area contributed by atoms with Crippen molar-refractivity contribution in [3.05, 3.63) is 87.1 Å². The Hall–Kier alpha value is -4.31. The van der Waals surface area contributed by atoms with Crippen molar-refractivity contribution in [1.82, 2.24) is 0 Å². The average molecular weight is 437 g/mol. The van der Waals surface area contributed by atoms with Crippen molar-refractivity contribution >= 4 is 28.1 Å². The number of rotatable bonds is 0. The van der Waals surface area contributed by atoms with E-state index in [4.69, 9.17) is 14.9 Å². The van der Waals surface area contributed by atoms with Crippen molar-refractivity contribution in [1.29, 1.82) is 5.26 Å². The Morgan fingerprint density at radius 1 is 1.09 bits per heavy atom. The van der Waals surface area contributed by atoms with Crippen molar-refractivity contribution < 1.29 is 13.9 Å². The van der Waals surface area contributed by atoms with Crippen LogP contribution in [0.4, 0.5) is 5.69 Å². The first-order valence-corrected chi connectivity index (χ1v) is 10.6. The number of carbonyl (C=O) groups excluding carboxylic acids is 1. The number of amides is 1. The van der Waals surface area contributed by atoms with Crippen LogP contribution in [-0.4, -0.2) is 11.4 Å². The molecule has 7 nitrogen and oxygen atoms in total. The molecule has 3 aliphatic heterocycles. The third kappa shape index (κ3) is 2.08. The van der Waals surface area contributed by atoms with Crippen molar-refractivity contribution in [3.63, 3.8) is 0 Å². The van der Waals surface area contributed by atoms with Crippen LogP contribution in [0, 0.1) is 11.3 Å². The number of hydrogen-bond acceptors (Lipinski definition) is 6. The Morgan fingerprint density at radius 3 is 2.61 bits per heavy atom. The third-order valence-corrected chi connectivity index (χ3v) is 6.84. The summed E-state index contributed by atoms with van der Waals surface area (Å²) in [5.41, 5.74) is 6.32. The lowest BCUT2D eigenvalue weighted by atomic mass is 9.68. The zero-order valence-electron chi connectivity index (χ0n) is 18.2. The van der Waals surface area contributed by atoms with Crippen molar-refractivity contribution in [2.24, 2.45) is 5.73 Å². The molecule has 0 radical (unpaired) electrons. The minimum atomic E-state index is -1.77. The molecule has 7 heteroatoms. The summed E-state index contributed by atoms with van der Waals surface area (Å²) in [6.45, 7) is 5.84. The lowest BCUT2D eigenvalue weighted by Crippen LogP contribution is -2.54. The van der Waals surface area contributed by atoms with E-state index in [1.165, 1.54) is 0 Å². The Kier molecular flexibility index (Phi) is 3.48. The largest absolute Gasteiger partial charge is 0.439 e. The van der Waals surface area contributed by atoms with Gasteiger partial charge in [-0.05, 0) is 38.5 Å². The van der Waals surface area contributed by atoms with Gasteiger partial charge in [0, 0.05) is 11.1 Å². The first-order valence-electron chi connectivity index (χ1n) is 10.6. The summed E-state index contributed by atoms with van der Waals surface area (Å²) >= 11 is 0. The minimum Gasteiger partial charge on any atom is -0.439 e. The maximum Gasteiger partial charge on any atom is 0.345 e. The van der Waals surface area contributed by atoms with Gasteiger partial charge in [-0.1, -0.05) is 36.4 Å². The van der Waals surface area contributed by atoms with Gasteiger partial charge >= 0.3 is 5.63 Å². The zero-order valence-corrected chi connectivity index (χ0v) is 18.2. The first kappa shape index (κ1) is 19.4. The highest BCUT2D eigenvalue weighted by molar-refractivity contribution is 6.18. The Balaban J connectivity index is 1.85. The first-order chi connectivity index (χ1) is 15.7. The molecule has 1 atom stereocenters. The molecule has 2 aromatic carbocycles. The number of benzene rings is 2. The minimum absolute atomic E-state index is 0.0202. The van der Waals surface area contributed by atoms with E-state index in [0.29, 0.717) is 22.2 Å². The highest BCUT2D eigenvalue weighted by atomic mass is 16.5. The highest BCUT2D eigenvalue weighted by Crippen LogP contribution is 2.59. The van der Waals surface area contributed by atoms with Gasteiger partial charge in [-0.15, -0.1) is 0 Å². The van der Waals surface area contributed by atoms with Gasteiger partial charge in [0.25, 0.3) is 0 Å². The molecule has 6 rings (SSSR count). The van der Waals surface area contributed by atoms with E-state index in [1.54, 1.807) is 35.2 Å². The molecule has 0 bridgehead atoms. The molecule has 1 aromatic heterocycles. The number of allylic oxidation sites excluding steroid dienone is 1. The second-order valence-corrected chi connectivity index (χ2v) is 9.12. The Bertz CT molecular complexity index is 1600. The summed E-state index contributed by atoms with van der Waals surface area (Å²) in [7, 11) is 0. The number of hydrogen-bond donors (Lipinski definition) is 1. The number of fused-ring (bicyclic) bond motifs is 5. The molecular formula is C26H19N3O4. The van der Waals surface area contributed by atoms with Gasteiger partial charge in [-0.2, -0.15) is 5.26 Å². The Labute approximate surface area is 189 Å². The van der Waals surface area contributed by atoms with E-state index in [-0.39, 0.29) is 22.8 Å². The summed E-state index contributed by atoms with van der Waals surface area (Å²) in [5.74, 6) is -0.481. The third-order valence-electron chi connectivity index (χ3n) is 6.84. The van der Waals surface area contributed by atoms with E-state index in [0.717, 1.165) is 11.1 Å². The SMILES string of the molecule is CC1=CC(C)(C)N2C(=O)[C@]3(C(C#N)=C(N)Oc4c3c(=O)oc3ccccc43)c3cccc1c32. The smallest absolute Gasteiger partial charge is 0.345 e. The fraction of sp³-hybridized carbons (Fsp3) is 0.192. The van der Waals surface area contributed by atoms with Crippen LogP contribution in [0.15, 0.2) is 69.2 Å². The van der Waals surface area contributed by atoms with E-state index in [2.05, 4.69) is 6.07 Å². The van der Waals surface area contributed by atoms with Crippen LogP contribution in [0.1, 0.15) is 37.5 Å². The summed E-state index contributed by atoms with van der Waals surface area (Å²) in [6, 6.07) is 14.5. The highest BCUT2D eigenvalue weighted by Gasteiger charge is 2.64. The summed E-state index contributed by atoms with van der Waals surface area (Å²) in [4.78, 5) is 29.6.